The number of halogens is 1. The molecule has 2 aromatic rings. The molecule has 142 valence electrons. The highest BCUT2D eigenvalue weighted by molar-refractivity contribution is 7.96. The number of benzene rings is 1. The van der Waals surface area contributed by atoms with Crippen molar-refractivity contribution >= 4 is 31.0 Å². The SMILES string of the molecule is Cc1cc(S(=O)(=O)[C@@H]2CS(=O)(=O)C[C@H]2NCCc2cccs2)ccc1F. The van der Waals surface area contributed by atoms with Crippen LogP contribution in [0.4, 0.5) is 4.39 Å². The van der Waals surface area contributed by atoms with Gasteiger partial charge in [-0.2, -0.15) is 0 Å². The molecular weight excluding hydrogens is 397 g/mol. The van der Waals surface area contributed by atoms with Gasteiger partial charge in [0, 0.05) is 17.5 Å². The van der Waals surface area contributed by atoms with Crippen LogP contribution in [0.1, 0.15) is 10.4 Å². The number of hydrogen-bond donors (Lipinski definition) is 1. The second-order valence-corrected chi connectivity index (χ2v) is 11.8. The summed E-state index contributed by atoms with van der Waals surface area (Å²) < 4.78 is 63.5. The maximum absolute atomic E-state index is 13.5. The fourth-order valence-corrected chi connectivity index (χ4v) is 8.63. The van der Waals surface area contributed by atoms with Crippen molar-refractivity contribution in [3.8, 4) is 0 Å². The Balaban J connectivity index is 1.81. The van der Waals surface area contributed by atoms with Crippen LogP contribution in [0.5, 0.6) is 0 Å². The Bertz CT molecular complexity index is 985. The van der Waals surface area contributed by atoms with Crippen molar-refractivity contribution in [1.82, 2.24) is 5.32 Å². The summed E-state index contributed by atoms with van der Waals surface area (Å²) in [7, 11) is -7.34. The van der Waals surface area contributed by atoms with Gasteiger partial charge < -0.3 is 5.32 Å². The minimum absolute atomic E-state index is 0.0384. The maximum Gasteiger partial charge on any atom is 0.183 e. The molecule has 1 fully saturated rings. The van der Waals surface area contributed by atoms with Crippen molar-refractivity contribution in [3.63, 3.8) is 0 Å². The summed E-state index contributed by atoms with van der Waals surface area (Å²) in [5.74, 6) is -1.11. The van der Waals surface area contributed by atoms with Crippen LogP contribution in [0.2, 0.25) is 0 Å². The topological polar surface area (TPSA) is 80.3 Å². The molecule has 9 heteroatoms. The second kappa shape index (κ2) is 7.38. The molecule has 1 aromatic carbocycles. The number of hydrogen-bond acceptors (Lipinski definition) is 6. The second-order valence-electron chi connectivity index (χ2n) is 6.46. The molecule has 1 saturated heterocycles. The molecule has 26 heavy (non-hydrogen) atoms. The number of aryl methyl sites for hydroxylation is 1. The Morgan fingerprint density at radius 2 is 2.04 bits per heavy atom. The van der Waals surface area contributed by atoms with Crippen molar-refractivity contribution < 1.29 is 21.2 Å². The van der Waals surface area contributed by atoms with Crippen LogP contribution in [0.25, 0.3) is 0 Å². The molecule has 0 aliphatic carbocycles. The van der Waals surface area contributed by atoms with Gasteiger partial charge in [-0.05, 0) is 48.6 Å². The molecule has 1 aromatic heterocycles. The largest absolute Gasteiger partial charge is 0.311 e. The predicted octanol–water partition coefficient (Wildman–Crippen LogP) is 1.97. The van der Waals surface area contributed by atoms with E-state index in [0.29, 0.717) is 13.0 Å². The first-order valence-corrected chi connectivity index (χ1v) is 12.4. The van der Waals surface area contributed by atoms with Crippen molar-refractivity contribution in [3.05, 3.63) is 52.0 Å². The van der Waals surface area contributed by atoms with Gasteiger partial charge in [-0.1, -0.05) is 6.07 Å². The summed E-state index contributed by atoms with van der Waals surface area (Å²) in [5, 5.41) is 3.99. The first-order chi connectivity index (χ1) is 12.2. The van der Waals surface area contributed by atoms with E-state index < -0.39 is 42.5 Å². The molecule has 0 bridgehead atoms. The molecule has 1 N–H and O–H groups in total. The number of rotatable bonds is 6. The van der Waals surface area contributed by atoms with Gasteiger partial charge in [0.15, 0.2) is 19.7 Å². The Kier molecular flexibility index (Phi) is 5.53. The molecule has 0 saturated carbocycles. The third-order valence-corrected chi connectivity index (χ3v) is 9.60. The molecule has 3 rings (SSSR count). The van der Waals surface area contributed by atoms with Crippen molar-refractivity contribution in [2.45, 2.75) is 29.5 Å². The van der Waals surface area contributed by atoms with Crippen LogP contribution in [0.15, 0.2) is 40.6 Å². The van der Waals surface area contributed by atoms with E-state index in [4.69, 9.17) is 0 Å². The summed E-state index contributed by atoms with van der Waals surface area (Å²) in [5.41, 5.74) is 0.217. The Labute approximate surface area is 157 Å². The highest BCUT2D eigenvalue weighted by Gasteiger charge is 2.45. The average Bonchev–Trinajstić information content (AvgIpc) is 3.17. The van der Waals surface area contributed by atoms with Crippen LogP contribution in [0.3, 0.4) is 0 Å². The molecule has 2 atom stereocenters. The summed E-state index contributed by atoms with van der Waals surface area (Å²) >= 11 is 1.60. The van der Waals surface area contributed by atoms with Gasteiger partial charge in [0.2, 0.25) is 0 Å². The summed E-state index contributed by atoms with van der Waals surface area (Å²) in [6.45, 7) is 1.98. The summed E-state index contributed by atoms with van der Waals surface area (Å²) in [6, 6.07) is 6.81. The third-order valence-electron chi connectivity index (χ3n) is 4.52. The quantitative estimate of drug-likeness (QED) is 0.727. The molecular formula is C17H20FNO4S3. The highest BCUT2D eigenvalue weighted by atomic mass is 32.2. The zero-order valence-electron chi connectivity index (χ0n) is 14.2. The van der Waals surface area contributed by atoms with E-state index in [-0.39, 0.29) is 16.2 Å². The first kappa shape index (κ1) is 19.5. The van der Waals surface area contributed by atoms with Gasteiger partial charge >= 0.3 is 0 Å². The van der Waals surface area contributed by atoms with Crippen LogP contribution in [-0.4, -0.2) is 46.2 Å². The Morgan fingerprint density at radius 1 is 1.27 bits per heavy atom. The van der Waals surface area contributed by atoms with E-state index in [1.54, 1.807) is 11.3 Å². The van der Waals surface area contributed by atoms with Gasteiger partial charge in [0.05, 0.1) is 21.7 Å². The van der Waals surface area contributed by atoms with Gasteiger partial charge in [-0.3, -0.25) is 0 Å². The molecule has 0 spiro atoms. The fourth-order valence-electron chi connectivity index (χ4n) is 3.12. The predicted molar refractivity (Wildman–Crippen MR) is 101 cm³/mol. The smallest absolute Gasteiger partial charge is 0.183 e. The lowest BCUT2D eigenvalue weighted by Gasteiger charge is -2.20. The van der Waals surface area contributed by atoms with E-state index in [9.17, 15) is 21.2 Å². The Morgan fingerprint density at radius 3 is 2.69 bits per heavy atom. The zero-order valence-corrected chi connectivity index (χ0v) is 16.6. The van der Waals surface area contributed by atoms with Crippen LogP contribution in [0, 0.1) is 12.7 Å². The number of sulfone groups is 2. The molecule has 2 heterocycles. The third kappa shape index (κ3) is 4.16. The van der Waals surface area contributed by atoms with E-state index in [0.717, 1.165) is 10.9 Å². The molecule has 1 aliphatic heterocycles. The summed E-state index contributed by atoms with van der Waals surface area (Å²) in [4.78, 5) is 1.11. The van der Waals surface area contributed by atoms with Crippen LogP contribution >= 0.6 is 11.3 Å². The van der Waals surface area contributed by atoms with Crippen molar-refractivity contribution in [2.24, 2.45) is 0 Å². The molecule has 1 aliphatic rings. The monoisotopic (exact) mass is 417 g/mol. The first-order valence-electron chi connectivity index (χ1n) is 8.15. The van der Waals surface area contributed by atoms with Gasteiger partial charge in [0.1, 0.15) is 5.82 Å². The summed E-state index contributed by atoms with van der Waals surface area (Å²) in [6.07, 6.45) is 0.705. The van der Waals surface area contributed by atoms with Crippen molar-refractivity contribution in [2.75, 3.05) is 18.1 Å². The normalized spacial score (nSPS) is 22.5. The van der Waals surface area contributed by atoms with Gasteiger partial charge in [-0.15, -0.1) is 11.3 Å². The maximum atomic E-state index is 13.5. The van der Waals surface area contributed by atoms with Crippen LogP contribution in [-0.2, 0) is 26.1 Å². The standard InChI is InChI=1S/C17H20FNO4S3/c1-12-9-14(4-5-15(12)18)26(22,23)17-11-25(20,21)10-16(17)19-7-6-13-3-2-8-24-13/h2-5,8-9,16-17,19H,6-7,10-11H2,1H3/t16-,17-/m1/s1. The van der Waals surface area contributed by atoms with E-state index in [2.05, 4.69) is 5.32 Å². The number of nitrogens with one attached hydrogen (secondary N) is 1. The van der Waals surface area contributed by atoms with E-state index >= 15 is 0 Å². The average molecular weight is 418 g/mol. The zero-order chi connectivity index (χ0) is 18.9. The lowest BCUT2D eigenvalue weighted by Crippen LogP contribution is -2.44. The van der Waals surface area contributed by atoms with E-state index in [1.165, 1.54) is 19.1 Å². The fraction of sp³-hybridized carbons (Fsp3) is 0.412. The van der Waals surface area contributed by atoms with Gasteiger partial charge in [0.25, 0.3) is 0 Å². The van der Waals surface area contributed by atoms with Crippen molar-refractivity contribution in [1.29, 1.82) is 0 Å². The van der Waals surface area contributed by atoms with E-state index in [1.807, 2.05) is 17.5 Å². The van der Waals surface area contributed by atoms with Crippen LogP contribution < -0.4 is 5.32 Å². The highest BCUT2D eigenvalue weighted by Crippen LogP contribution is 2.27. The molecule has 5 nitrogen and oxygen atoms in total. The lowest BCUT2D eigenvalue weighted by atomic mass is 10.2. The minimum Gasteiger partial charge on any atom is -0.311 e. The lowest BCUT2D eigenvalue weighted by molar-refractivity contribution is 0.528. The Hall–Kier alpha value is -1.29. The minimum atomic E-state index is -3.89. The molecule has 0 amide bonds. The molecule has 0 unspecified atom stereocenters. The van der Waals surface area contributed by atoms with Gasteiger partial charge in [-0.25, -0.2) is 21.2 Å². The molecule has 0 radical (unpaired) electrons. The number of thiophene rings is 1.